The second-order valence-electron chi connectivity index (χ2n) is 4.46. The number of halogens is 3. The van der Waals surface area contributed by atoms with Crippen molar-refractivity contribution in [1.82, 2.24) is 0 Å². The molecule has 0 aliphatic carbocycles. The van der Waals surface area contributed by atoms with Gasteiger partial charge in [0.1, 0.15) is 18.5 Å². The maximum absolute atomic E-state index is 9.89. The Morgan fingerprint density at radius 2 is 1.71 bits per heavy atom. The summed E-state index contributed by atoms with van der Waals surface area (Å²) in [6.45, 7) is 0.471. The van der Waals surface area contributed by atoms with Crippen LogP contribution in [0.3, 0.4) is 0 Å². The highest BCUT2D eigenvalue weighted by atomic mass is 35.5. The smallest absolute Gasteiger partial charge is 0.120 e. The van der Waals surface area contributed by atoms with Crippen LogP contribution in [0.4, 0.5) is 5.69 Å². The van der Waals surface area contributed by atoms with Gasteiger partial charge in [-0.1, -0.05) is 40.9 Å². The zero-order valence-corrected chi connectivity index (χ0v) is 13.3. The third-order valence-corrected chi connectivity index (χ3v) is 3.31. The lowest BCUT2D eigenvalue weighted by molar-refractivity contribution is 0.117. The molecule has 0 aromatic heterocycles. The molecular formula is C15H14Cl3NO2. The van der Waals surface area contributed by atoms with E-state index in [9.17, 15) is 5.11 Å². The Hall–Kier alpha value is -1.13. The van der Waals surface area contributed by atoms with Gasteiger partial charge in [-0.25, -0.2) is 0 Å². The molecule has 0 bridgehead atoms. The molecule has 0 spiro atoms. The number of aliphatic hydroxyl groups excluding tert-OH is 1. The molecule has 0 radical (unpaired) electrons. The number of rotatable bonds is 6. The van der Waals surface area contributed by atoms with E-state index in [0.717, 1.165) is 5.69 Å². The normalized spacial score (nSPS) is 12.0. The van der Waals surface area contributed by atoms with Gasteiger partial charge in [-0.3, -0.25) is 0 Å². The quantitative estimate of drug-likeness (QED) is 0.809. The number of aliphatic hydroxyl groups is 1. The first-order valence-corrected chi connectivity index (χ1v) is 7.43. The van der Waals surface area contributed by atoms with Gasteiger partial charge in [0.25, 0.3) is 0 Å². The van der Waals surface area contributed by atoms with Crippen LogP contribution in [-0.4, -0.2) is 24.4 Å². The van der Waals surface area contributed by atoms with Crippen LogP contribution in [0, 0.1) is 0 Å². The third kappa shape index (κ3) is 5.64. The third-order valence-electron chi connectivity index (χ3n) is 2.64. The second kappa shape index (κ2) is 7.76. The molecule has 1 unspecified atom stereocenters. The van der Waals surface area contributed by atoms with Gasteiger partial charge >= 0.3 is 0 Å². The molecule has 2 aromatic rings. The second-order valence-corrected chi connectivity index (χ2v) is 5.77. The Balaban J connectivity index is 1.80. The van der Waals surface area contributed by atoms with E-state index in [1.165, 1.54) is 0 Å². The van der Waals surface area contributed by atoms with Crippen LogP contribution in [0.2, 0.25) is 15.1 Å². The lowest BCUT2D eigenvalue weighted by atomic mass is 10.3. The first-order chi connectivity index (χ1) is 10.0. The van der Waals surface area contributed by atoms with Crippen molar-refractivity contribution in [2.45, 2.75) is 6.10 Å². The highest BCUT2D eigenvalue weighted by Crippen LogP contribution is 2.22. The van der Waals surface area contributed by atoms with Gasteiger partial charge in [-0.15, -0.1) is 0 Å². The minimum Gasteiger partial charge on any atom is -0.491 e. The summed E-state index contributed by atoms with van der Waals surface area (Å²) in [5.41, 5.74) is 0.745. The van der Waals surface area contributed by atoms with E-state index in [-0.39, 0.29) is 6.61 Å². The Bertz CT molecular complexity index is 587. The molecule has 0 amide bonds. The van der Waals surface area contributed by atoms with E-state index in [1.54, 1.807) is 42.5 Å². The summed E-state index contributed by atoms with van der Waals surface area (Å²) in [6, 6.07) is 12.1. The van der Waals surface area contributed by atoms with Gasteiger partial charge in [0.05, 0.1) is 0 Å². The maximum Gasteiger partial charge on any atom is 0.120 e. The van der Waals surface area contributed by atoms with Gasteiger partial charge in [0.2, 0.25) is 0 Å². The molecular weight excluding hydrogens is 333 g/mol. The number of hydrogen-bond donors (Lipinski definition) is 2. The molecule has 6 heteroatoms. The van der Waals surface area contributed by atoms with Crippen LogP contribution in [0.1, 0.15) is 0 Å². The molecule has 1 atom stereocenters. The summed E-state index contributed by atoms with van der Waals surface area (Å²) in [7, 11) is 0. The molecule has 0 aliphatic rings. The van der Waals surface area contributed by atoms with E-state index in [4.69, 9.17) is 39.5 Å². The summed E-state index contributed by atoms with van der Waals surface area (Å²) in [6.07, 6.45) is -0.679. The fourth-order valence-electron chi connectivity index (χ4n) is 1.70. The van der Waals surface area contributed by atoms with Crippen LogP contribution < -0.4 is 10.1 Å². The van der Waals surface area contributed by atoms with Crippen molar-refractivity contribution in [1.29, 1.82) is 0 Å². The molecule has 3 nitrogen and oxygen atoms in total. The topological polar surface area (TPSA) is 41.5 Å². The van der Waals surface area contributed by atoms with Crippen molar-refractivity contribution < 1.29 is 9.84 Å². The molecule has 112 valence electrons. The Morgan fingerprint density at radius 3 is 2.38 bits per heavy atom. The lowest BCUT2D eigenvalue weighted by Crippen LogP contribution is -2.26. The van der Waals surface area contributed by atoms with Gasteiger partial charge in [-0.05, 0) is 36.4 Å². The molecule has 0 saturated carbocycles. The highest BCUT2D eigenvalue weighted by molar-refractivity contribution is 6.35. The average molecular weight is 347 g/mol. The lowest BCUT2D eigenvalue weighted by Gasteiger charge is -2.14. The Morgan fingerprint density at radius 1 is 1.00 bits per heavy atom. The number of benzene rings is 2. The van der Waals surface area contributed by atoms with E-state index < -0.39 is 6.10 Å². The molecule has 0 heterocycles. The van der Waals surface area contributed by atoms with Crippen LogP contribution >= 0.6 is 34.8 Å². The van der Waals surface area contributed by atoms with Crippen molar-refractivity contribution in [3.05, 3.63) is 57.5 Å². The molecule has 2 N–H and O–H groups in total. The van der Waals surface area contributed by atoms with Crippen LogP contribution in [0.15, 0.2) is 42.5 Å². The highest BCUT2D eigenvalue weighted by Gasteiger charge is 2.06. The number of nitrogens with one attached hydrogen (secondary N) is 1. The number of anilines is 1. The van der Waals surface area contributed by atoms with Gasteiger partial charge in [0, 0.05) is 27.3 Å². The fourth-order valence-corrected chi connectivity index (χ4v) is 2.41. The summed E-state index contributed by atoms with van der Waals surface area (Å²) in [4.78, 5) is 0. The van der Waals surface area contributed by atoms with Crippen molar-refractivity contribution in [2.75, 3.05) is 18.5 Å². The van der Waals surface area contributed by atoms with Crippen molar-refractivity contribution in [3.8, 4) is 5.75 Å². The Kier molecular flexibility index (Phi) is 6.00. The summed E-state index contributed by atoms with van der Waals surface area (Å²) in [5.74, 6) is 0.618. The predicted molar refractivity (Wildman–Crippen MR) is 87.9 cm³/mol. The number of hydrogen-bond acceptors (Lipinski definition) is 3. The first-order valence-electron chi connectivity index (χ1n) is 6.29. The molecule has 0 saturated heterocycles. The van der Waals surface area contributed by atoms with Gasteiger partial charge in [-0.2, -0.15) is 0 Å². The van der Waals surface area contributed by atoms with E-state index >= 15 is 0 Å². The van der Waals surface area contributed by atoms with E-state index in [2.05, 4.69) is 5.32 Å². The summed E-state index contributed by atoms with van der Waals surface area (Å²) >= 11 is 17.6. The molecule has 0 aliphatic heterocycles. The van der Waals surface area contributed by atoms with Gasteiger partial charge < -0.3 is 15.2 Å². The van der Waals surface area contributed by atoms with Crippen molar-refractivity contribution in [3.63, 3.8) is 0 Å². The van der Waals surface area contributed by atoms with E-state index in [1.807, 2.05) is 0 Å². The number of ether oxygens (including phenoxy) is 1. The summed E-state index contributed by atoms with van der Waals surface area (Å²) in [5, 5.41) is 14.6. The molecule has 2 aromatic carbocycles. The Labute approximate surface area is 138 Å². The largest absolute Gasteiger partial charge is 0.491 e. The standard InChI is InChI=1S/C15H14Cl3NO2/c16-10-2-1-3-15(7-10)21-9-14(20)8-19-13-5-11(17)4-12(18)6-13/h1-7,14,19-20H,8-9H2. The zero-order chi connectivity index (χ0) is 15.2. The zero-order valence-electron chi connectivity index (χ0n) is 11.0. The van der Waals surface area contributed by atoms with Crippen LogP contribution in [0.5, 0.6) is 5.75 Å². The minimum atomic E-state index is -0.679. The summed E-state index contributed by atoms with van der Waals surface area (Å²) < 4.78 is 5.46. The predicted octanol–water partition coefficient (Wildman–Crippen LogP) is 4.50. The average Bonchev–Trinajstić information content (AvgIpc) is 2.42. The molecule has 0 fully saturated rings. The van der Waals surface area contributed by atoms with E-state index in [0.29, 0.717) is 27.4 Å². The first kappa shape index (κ1) is 16.2. The van der Waals surface area contributed by atoms with Crippen LogP contribution in [0.25, 0.3) is 0 Å². The van der Waals surface area contributed by atoms with Gasteiger partial charge in [0.15, 0.2) is 0 Å². The molecule has 2 rings (SSSR count). The van der Waals surface area contributed by atoms with Crippen molar-refractivity contribution in [2.24, 2.45) is 0 Å². The SMILES string of the molecule is OC(CNc1cc(Cl)cc(Cl)c1)COc1cccc(Cl)c1. The van der Waals surface area contributed by atoms with Crippen LogP contribution in [-0.2, 0) is 0 Å². The fraction of sp³-hybridized carbons (Fsp3) is 0.200. The minimum absolute atomic E-state index is 0.154. The molecule has 21 heavy (non-hydrogen) atoms. The van der Waals surface area contributed by atoms with Crippen molar-refractivity contribution >= 4 is 40.5 Å². The maximum atomic E-state index is 9.89. The monoisotopic (exact) mass is 345 g/mol.